The highest BCUT2D eigenvalue weighted by molar-refractivity contribution is 6.30. The summed E-state index contributed by atoms with van der Waals surface area (Å²) in [6.45, 7) is 2.04. The average molecular weight is 259 g/mol. The Morgan fingerprint density at radius 3 is 2.83 bits per heavy atom. The summed E-state index contributed by atoms with van der Waals surface area (Å²) in [6, 6.07) is 9.73. The van der Waals surface area contributed by atoms with Gasteiger partial charge in [0.15, 0.2) is 11.5 Å². The molecule has 3 aromatic rings. The summed E-state index contributed by atoms with van der Waals surface area (Å²) in [6.07, 6.45) is 1.77. The zero-order valence-corrected chi connectivity index (χ0v) is 10.5. The Hall–Kier alpha value is -2.07. The molecule has 2 aromatic heterocycles. The van der Waals surface area contributed by atoms with Gasteiger partial charge in [0.1, 0.15) is 0 Å². The normalized spacial score (nSPS) is 11.0. The van der Waals surface area contributed by atoms with E-state index in [1.807, 2.05) is 35.6 Å². The predicted molar refractivity (Wildman–Crippen MR) is 72.6 cm³/mol. The number of rotatable bonds is 1. The lowest BCUT2D eigenvalue weighted by molar-refractivity contribution is 1.11. The number of pyridine rings is 1. The van der Waals surface area contributed by atoms with Crippen molar-refractivity contribution in [1.29, 1.82) is 0 Å². The molecule has 0 aliphatic carbocycles. The first-order chi connectivity index (χ1) is 8.65. The van der Waals surface area contributed by atoms with Crippen molar-refractivity contribution < 1.29 is 0 Å². The van der Waals surface area contributed by atoms with Gasteiger partial charge in [0, 0.05) is 11.8 Å². The minimum absolute atomic E-state index is 0.522. The molecular weight excluding hydrogens is 248 g/mol. The summed E-state index contributed by atoms with van der Waals surface area (Å²) >= 11 is 6.02. The lowest BCUT2D eigenvalue weighted by Crippen LogP contribution is -1.94. The minimum Gasteiger partial charge on any atom is -0.396 e. The Balaban J connectivity index is 2.30. The van der Waals surface area contributed by atoms with Crippen LogP contribution < -0.4 is 5.73 Å². The molecule has 0 spiro atoms. The number of anilines is 1. The molecule has 3 rings (SSSR count). The van der Waals surface area contributed by atoms with Crippen LogP contribution in [0.5, 0.6) is 0 Å². The van der Waals surface area contributed by atoms with Crippen molar-refractivity contribution in [3.8, 4) is 11.4 Å². The van der Waals surface area contributed by atoms with Gasteiger partial charge in [-0.15, -0.1) is 10.2 Å². The smallest absolute Gasteiger partial charge is 0.184 e. The molecule has 0 fully saturated rings. The number of aromatic nitrogens is 3. The second-order valence-electron chi connectivity index (χ2n) is 4.20. The molecule has 0 saturated heterocycles. The molecule has 1 aromatic carbocycles. The van der Waals surface area contributed by atoms with E-state index in [1.54, 1.807) is 12.3 Å². The van der Waals surface area contributed by atoms with E-state index in [0.29, 0.717) is 16.4 Å². The number of benzene rings is 1. The fourth-order valence-corrected chi connectivity index (χ4v) is 2.18. The average Bonchev–Trinajstić information content (AvgIpc) is 2.72. The molecule has 18 heavy (non-hydrogen) atoms. The highest BCUT2D eigenvalue weighted by Crippen LogP contribution is 2.24. The van der Waals surface area contributed by atoms with E-state index in [9.17, 15) is 0 Å². The Kier molecular flexibility index (Phi) is 2.45. The van der Waals surface area contributed by atoms with Crippen molar-refractivity contribution >= 4 is 22.9 Å². The zero-order chi connectivity index (χ0) is 12.7. The number of fused-ring (bicyclic) bond motifs is 1. The SMILES string of the molecule is Cc1cccc(-c2nnc3c(N)cc(Cl)cn23)c1. The molecule has 2 heterocycles. The first-order valence-corrected chi connectivity index (χ1v) is 5.90. The largest absolute Gasteiger partial charge is 0.396 e. The molecular formula is C13H11ClN4. The van der Waals surface area contributed by atoms with Gasteiger partial charge in [0.2, 0.25) is 0 Å². The number of hydrogen-bond donors (Lipinski definition) is 1. The van der Waals surface area contributed by atoms with Crippen LogP contribution in [-0.2, 0) is 0 Å². The number of nitrogen functional groups attached to an aromatic ring is 1. The third kappa shape index (κ3) is 1.71. The maximum Gasteiger partial charge on any atom is 0.184 e. The highest BCUT2D eigenvalue weighted by atomic mass is 35.5. The van der Waals surface area contributed by atoms with Crippen LogP contribution in [0.15, 0.2) is 36.5 Å². The maximum absolute atomic E-state index is 6.02. The molecule has 0 saturated carbocycles. The van der Waals surface area contributed by atoms with E-state index in [0.717, 1.165) is 11.4 Å². The number of aryl methyl sites for hydroxylation is 1. The second-order valence-corrected chi connectivity index (χ2v) is 4.64. The Bertz CT molecular complexity index is 733. The van der Waals surface area contributed by atoms with Gasteiger partial charge in [-0.3, -0.25) is 4.40 Å². The molecule has 0 bridgehead atoms. The summed E-state index contributed by atoms with van der Waals surface area (Å²) in [5.74, 6) is 0.739. The van der Waals surface area contributed by atoms with Gasteiger partial charge in [0.25, 0.3) is 0 Å². The standard InChI is InChI=1S/C13H11ClN4/c1-8-3-2-4-9(5-8)12-16-17-13-11(15)6-10(14)7-18(12)13/h2-7H,15H2,1H3. The van der Waals surface area contributed by atoms with Crippen molar-refractivity contribution in [3.05, 3.63) is 47.1 Å². The van der Waals surface area contributed by atoms with Gasteiger partial charge in [-0.1, -0.05) is 35.4 Å². The molecule has 90 valence electrons. The quantitative estimate of drug-likeness (QED) is 0.730. The summed E-state index contributed by atoms with van der Waals surface area (Å²) in [7, 11) is 0. The van der Waals surface area contributed by atoms with Crippen molar-refractivity contribution in [3.63, 3.8) is 0 Å². The monoisotopic (exact) mass is 258 g/mol. The molecule has 2 N–H and O–H groups in total. The third-order valence-corrected chi connectivity index (χ3v) is 2.98. The summed E-state index contributed by atoms with van der Waals surface area (Å²) in [5, 5.41) is 8.84. The maximum atomic E-state index is 6.02. The van der Waals surface area contributed by atoms with Crippen LogP contribution in [0.25, 0.3) is 17.0 Å². The van der Waals surface area contributed by atoms with E-state index < -0.39 is 0 Å². The van der Waals surface area contributed by atoms with E-state index in [1.165, 1.54) is 5.56 Å². The fraction of sp³-hybridized carbons (Fsp3) is 0.0769. The van der Waals surface area contributed by atoms with Crippen LogP contribution >= 0.6 is 11.6 Å². The van der Waals surface area contributed by atoms with Crippen molar-refractivity contribution in [2.24, 2.45) is 0 Å². The van der Waals surface area contributed by atoms with Crippen LogP contribution in [0.3, 0.4) is 0 Å². The molecule has 5 heteroatoms. The summed E-state index contributed by atoms with van der Waals surface area (Å²) < 4.78 is 1.81. The third-order valence-electron chi connectivity index (χ3n) is 2.78. The lowest BCUT2D eigenvalue weighted by Gasteiger charge is -2.03. The molecule has 0 amide bonds. The minimum atomic E-state index is 0.522. The molecule has 0 aliphatic rings. The van der Waals surface area contributed by atoms with E-state index in [4.69, 9.17) is 17.3 Å². The van der Waals surface area contributed by atoms with Gasteiger partial charge in [-0.25, -0.2) is 0 Å². The van der Waals surface area contributed by atoms with Crippen LogP contribution in [0.1, 0.15) is 5.56 Å². The Labute approximate surface area is 109 Å². The van der Waals surface area contributed by atoms with Crippen molar-refractivity contribution in [2.45, 2.75) is 6.92 Å². The first kappa shape index (κ1) is 11.0. The summed E-state index contributed by atoms with van der Waals surface area (Å²) in [5.41, 5.74) is 9.17. The number of hydrogen-bond acceptors (Lipinski definition) is 3. The van der Waals surface area contributed by atoms with Crippen LogP contribution in [0.4, 0.5) is 5.69 Å². The second kappa shape index (κ2) is 3.99. The number of nitrogens with two attached hydrogens (primary N) is 1. The summed E-state index contributed by atoms with van der Waals surface area (Å²) in [4.78, 5) is 0. The topological polar surface area (TPSA) is 56.2 Å². The predicted octanol–water partition coefficient (Wildman–Crippen LogP) is 2.94. The fourth-order valence-electron chi connectivity index (χ4n) is 1.97. The van der Waals surface area contributed by atoms with Gasteiger partial charge in [-0.05, 0) is 19.1 Å². The number of halogens is 1. The van der Waals surface area contributed by atoms with Crippen LogP contribution in [-0.4, -0.2) is 14.6 Å². The van der Waals surface area contributed by atoms with Gasteiger partial charge in [0.05, 0.1) is 10.7 Å². The molecule has 0 atom stereocenters. The number of nitrogens with zero attached hydrogens (tertiary/aromatic N) is 3. The van der Waals surface area contributed by atoms with Gasteiger partial charge < -0.3 is 5.73 Å². The first-order valence-electron chi connectivity index (χ1n) is 5.52. The van der Waals surface area contributed by atoms with Gasteiger partial charge in [-0.2, -0.15) is 0 Å². The molecule has 4 nitrogen and oxygen atoms in total. The van der Waals surface area contributed by atoms with E-state index in [-0.39, 0.29) is 0 Å². The zero-order valence-electron chi connectivity index (χ0n) is 9.76. The van der Waals surface area contributed by atoms with Crippen LogP contribution in [0.2, 0.25) is 5.02 Å². The van der Waals surface area contributed by atoms with Crippen molar-refractivity contribution in [1.82, 2.24) is 14.6 Å². The van der Waals surface area contributed by atoms with Gasteiger partial charge >= 0.3 is 0 Å². The highest BCUT2D eigenvalue weighted by Gasteiger charge is 2.10. The van der Waals surface area contributed by atoms with Crippen LogP contribution in [0, 0.1) is 6.92 Å². The molecule has 0 radical (unpaired) electrons. The Morgan fingerprint density at radius 2 is 2.06 bits per heavy atom. The Morgan fingerprint density at radius 1 is 1.22 bits per heavy atom. The van der Waals surface area contributed by atoms with Crippen molar-refractivity contribution in [2.75, 3.05) is 5.73 Å². The van der Waals surface area contributed by atoms with E-state index >= 15 is 0 Å². The molecule has 0 unspecified atom stereocenters. The van der Waals surface area contributed by atoms with E-state index in [2.05, 4.69) is 10.2 Å². The molecule has 0 aliphatic heterocycles. The lowest BCUT2D eigenvalue weighted by atomic mass is 10.1.